The zero-order valence-electron chi connectivity index (χ0n) is 8.65. The first-order chi connectivity index (χ1) is 7.54. The Morgan fingerprint density at radius 3 is 3.00 bits per heavy atom. The minimum Gasteiger partial charge on any atom is -0.361 e. The monoisotopic (exact) mass is 261 g/mol. The Morgan fingerprint density at radius 1 is 1.44 bits per heavy atom. The molecule has 0 aromatic carbocycles. The molecule has 0 radical (unpaired) electrons. The van der Waals surface area contributed by atoms with Crippen LogP contribution in [0.5, 0.6) is 0 Å². The molecule has 0 aliphatic heterocycles. The van der Waals surface area contributed by atoms with Crippen LogP contribution in [0, 0.1) is 5.92 Å². The Morgan fingerprint density at radius 2 is 2.25 bits per heavy atom. The second-order valence-electron chi connectivity index (χ2n) is 4.66. The van der Waals surface area contributed by atoms with Crippen LogP contribution in [0.15, 0.2) is 4.52 Å². The van der Waals surface area contributed by atoms with Crippen molar-refractivity contribution < 1.29 is 12.9 Å². The predicted molar refractivity (Wildman–Crippen MR) is 58.8 cm³/mol. The number of halogens is 1. The fraction of sp³-hybridized carbons (Fsp3) is 0.700. The zero-order chi connectivity index (χ0) is 11.3. The number of aromatic nitrogens is 1. The van der Waals surface area contributed by atoms with E-state index < -0.39 is 9.05 Å². The lowest BCUT2D eigenvalue weighted by Crippen LogP contribution is -2.01. The van der Waals surface area contributed by atoms with E-state index in [-0.39, 0.29) is 5.75 Å². The molecular formula is C10H12ClNO3S. The van der Waals surface area contributed by atoms with Crippen LogP contribution in [-0.2, 0) is 21.2 Å². The third-order valence-electron chi connectivity index (χ3n) is 3.67. The van der Waals surface area contributed by atoms with Crippen LogP contribution in [0.2, 0.25) is 0 Å². The number of hydrogen-bond acceptors (Lipinski definition) is 4. The van der Waals surface area contributed by atoms with Gasteiger partial charge in [-0.05, 0) is 25.2 Å². The van der Waals surface area contributed by atoms with E-state index in [1.165, 1.54) is 12.8 Å². The standard InChI is InChI=1S/C10H12ClNO3S/c11-16(13,14)5-9-8-4-6-2-1-3-7(6)10(8)15-12-9/h6-7H,1-5H2. The van der Waals surface area contributed by atoms with Crippen molar-refractivity contribution in [1.82, 2.24) is 5.16 Å². The molecule has 1 saturated carbocycles. The van der Waals surface area contributed by atoms with Crippen molar-refractivity contribution >= 4 is 19.7 Å². The normalized spacial score (nSPS) is 28.1. The first kappa shape index (κ1) is 10.6. The topological polar surface area (TPSA) is 60.2 Å². The van der Waals surface area contributed by atoms with Crippen LogP contribution in [0.3, 0.4) is 0 Å². The Hall–Kier alpha value is -0.550. The van der Waals surface area contributed by atoms with Gasteiger partial charge in [0.1, 0.15) is 17.2 Å². The molecule has 0 N–H and O–H groups in total. The maximum atomic E-state index is 11.0. The fourth-order valence-electron chi connectivity index (χ4n) is 3.03. The van der Waals surface area contributed by atoms with E-state index in [9.17, 15) is 8.42 Å². The zero-order valence-corrected chi connectivity index (χ0v) is 10.2. The lowest BCUT2D eigenvalue weighted by atomic mass is 10.00. The minimum absolute atomic E-state index is 0.215. The molecule has 0 bridgehead atoms. The summed E-state index contributed by atoms with van der Waals surface area (Å²) in [5, 5.41) is 3.84. The Bertz CT molecular complexity index is 522. The third kappa shape index (κ3) is 1.66. The van der Waals surface area contributed by atoms with Crippen molar-refractivity contribution in [3.05, 3.63) is 17.0 Å². The molecule has 2 unspecified atom stereocenters. The molecule has 1 heterocycles. The molecule has 88 valence electrons. The predicted octanol–water partition coefficient (Wildman–Crippen LogP) is 2.18. The summed E-state index contributed by atoms with van der Waals surface area (Å²) < 4.78 is 27.4. The summed E-state index contributed by atoms with van der Waals surface area (Å²) in [5.74, 6) is 1.80. The molecule has 1 aromatic heterocycles. The van der Waals surface area contributed by atoms with Crippen LogP contribution in [-0.4, -0.2) is 13.6 Å². The molecule has 16 heavy (non-hydrogen) atoms. The second-order valence-corrected chi connectivity index (χ2v) is 7.43. The molecule has 2 atom stereocenters. The van der Waals surface area contributed by atoms with Gasteiger partial charge in [0, 0.05) is 22.2 Å². The van der Waals surface area contributed by atoms with Gasteiger partial charge in [0.25, 0.3) is 0 Å². The van der Waals surface area contributed by atoms with Crippen molar-refractivity contribution in [3.8, 4) is 0 Å². The highest BCUT2D eigenvalue weighted by molar-refractivity contribution is 8.13. The number of nitrogens with zero attached hydrogens (tertiary/aromatic N) is 1. The lowest BCUT2D eigenvalue weighted by molar-refractivity contribution is 0.343. The summed E-state index contributed by atoms with van der Waals surface area (Å²) in [4.78, 5) is 0. The molecule has 1 fully saturated rings. The summed E-state index contributed by atoms with van der Waals surface area (Å²) in [6.07, 6.45) is 4.49. The van der Waals surface area contributed by atoms with Crippen molar-refractivity contribution in [2.75, 3.05) is 0 Å². The van der Waals surface area contributed by atoms with Crippen molar-refractivity contribution in [2.24, 2.45) is 5.92 Å². The van der Waals surface area contributed by atoms with Crippen LogP contribution in [0.25, 0.3) is 0 Å². The number of hydrogen-bond donors (Lipinski definition) is 0. The van der Waals surface area contributed by atoms with Gasteiger partial charge in [-0.2, -0.15) is 0 Å². The van der Waals surface area contributed by atoms with Crippen molar-refractivity contribution in [3.63, 3.8) is 0 Å². The third-order valence-corrected chi connectivity index (χ3v) is 4.62. The molecule has 1 aromatic rings. The number of rotatable bonds is 2. The van der Waals surface area contributed by atoms with Gasteiger partial charge in [0.2, 0.25) is 9.05 Å². The Labute approximate surface area is 98.4 Å². The maximum Gasteiger partial charge on any atom is 0.238 e. The average Bonchev–Trinajstić information content (AvgIpc) is 2.75. The van der Waals surface area contributed by atoms with E-state index in [2.05, 4.69) is 5.16 Å². The highest BCUT2D eigenvalue weighted by Gasteiger charge is 2.41. The summed E-state index contributed by atoms with van der Waals surface area (Å²) >= 11 is 0. The molecule has 3 rings (SSSR count). The highest BCUT2D eigenvalue weighted by atomic mass is 35.7. The van der Waals surface area contributed by atoms with E-state index in [0.717, 1.165) is 24.2 Å². The van der Waals surface area contributed by atoms with E-state index in [0.29, 0.717) is 17.5 Å². The van der Waals surface area contributed by atoms with Crippen LogP contribution < -0.4 is 0 Å². The van der Waals surface area contributed by atoms with Gasteiger partial charge < -0.3 is 4.52 Å². The fourth-order valence-corrected chi connectivity index (χ4v) is 3.90. The number of fused-ring (bicyclic) bond motifs is 3. The quantitative estimate of drug-likeness (QED) is 0.766. The minimum atomic E-state index is -3.54. The highest BCUT2D eigenvalue weighted by Crippen LogP contribution is 2.49. The first-order valence-electron chi connectivity index (χ1n) is 5.44. The lowest BCUT2D eigenvalue weighted by Gasteiger charge is -2.05. The molecule has 0 spiro atoms. The van der Waals surface area contributed by atoms with E-state index in [1.54, 1.807) is 0 Å². The molecule has 2 aliphatic carbocycles. The Balaban J connectivity index is 1.95. The SMILES string of the molecule is O=S(=O)(Cl)Cc1noc2c1CC1CCCC21. The van der Waals surface area contributed by atoms with Crippen LogP contribution >= 0.6 is 10.7 Å². The smallest absolute Gasteiger partial charge is 0.238 e. The molecule has 0 amide bonds. The molecular weight excluding hydrogens is 250 g/mol. The van der Waals surface area contributed by atoms with Crippen LogP contribution in [0.1, 0.15) is 42.2 Å². The Kier molecular flexibility index (Phi) is 2.30. The van der Waals surface area contributed by atoms with Gasteiger partial charge in [0.05, 0.1) is 0 Å². The molecule has 0 saturated heterocycles. The summed E-state index contributed by atoms with van der Waals surface area (Å²) in [6, 6.07) is 0. The van der Waals surface area contributed by atoms with Gasteiger partial charge in [-0.25, -0.2) is 8.42 Å². The van der Waals surface area contributed by atoms with Gasteiger partial charge in [-0.1, -0.05) is 11.6 Å². The molecule has 6 heteroatoms. The van der Waals surface area contributed by atoms with Gasteiger partial charge >= 0.3 is 0 Å². The molecule has 4 nitrogen and oxygen atoms in total. The maximum absolute atomic E-state index is 11.0. The van der Waals surface area contributed by atoms with E-state index in [1.807, 2.05) is 0 Å². The molecule has 2 aliphatic rings. The summed E-state index contributed by atoms with van der Waals surface area (Å²) in [6.45, 7) is 0. The van der Waals surface area contributed by atoms with E-state index >= 15 is 0 Å². The van der Waals surface area contributed by atoms with Gasteiger partial charge in [-0.3, -0.25) is 0 Å². The van der Waals surface area contributed by atoms with Crippen molar-refractivity contribution in [2.45, 2.75) is 37.4 Å². The van der Waals surface area contributed by atoms with Crippen LogP contribution in [0.4, 0.5) is 0 Å². The van der Waals surface area contributed by atoms with E-state index in [4.69, 9.17) is 15.2 Å². The largest absolute Gasteiger partial charge is 0.361 e. The van der Waals surface area contributed by atoms with Gasteiger partial charge in [-0.15, -0.1) is 0 Å². The second kappa shape index (κ2) is 3.47. The summed E-state index contributed by atoms with van der Waals surface area (Å²) in [5.41, 5.74) is 1.51. The van der Waals surface area contributed by atoms with Crippen molar-refractivity contribution in [1.29, 1.82) is 0 Å². The first-order valence-corrected chi connectivity index (χ1v) is 7.92. The van der Waals surface area contributed by atoms with Gasteiger partial charge in [0.15, 0.2) is 0 Å². The average molecular weight is 262 g/mol. The summed E-state index contributed by atoms with van der Waals surface area (Å²) in [7, 11) is 1.69.